The zero-order chi connectivity index (χ0) is 21.0. The van der Waals surface area contributed by atoms with Crippen molar-refractivity contribution in [2.24, 2.45) is 0 Å². The molecule has 0 saturated heterocycles. The number of hydrogen-bond acceptors (Lipinski definition) is 5. The van der Waals surface area contributed by atoms with Crippen molar-refractivity contribution in [1.82, 2.24) is 0 Å². The van der Waals surface area contributed by atoms with Gasteiger partial charge < -0.3 is 19.7 Å². The lowest BCUT2D eigenvalue weighted by atomic mass is 10.1. The summed E-state index contributed by atoms with van der Waals surface area (Å²) in [7, 11) is 0. The Labute approximate surface area is 173 Å². The van der Waals surface area contributed by atoms with E-state index >= 15 is 0 Å². The highest BCUT2D eigenvalue weighted by Crippen LogP contribution is 2.31. The lowest BCUT2D eigenvalue weighted by Gasteiger charge is -2.27. The van der Waals surface area contributed by atoms with Crippen LogP contribution in [0.5, 0.6) is 5.75 Å². The van der Waals surface area contributed by atoms with Crippen molar-refractivity contribution < 1.29 is 23.9 Å². The van der Waals surface area contributed by atoms with Gasteiger partial charge in [0.2, 0.25) is 5.91 Å². The van der Waals surface area contributed by atoms with Crippen molar-refractivity contribution in [1.29, 1.82) is 0 Å². The van der Waals surface area contributed by atoms with Gasteiger partial charge in [-0.3, -0.25) is 9.59 Å². The van der Waals surface area contributed by atoms with Crippen molar-refractivity contribution in [3.8, 4) is 5.75 Å². The molecule has 29 heavy (non-hydrogen) atoms. The number of nitrogens with zero attached hydrogens (tertiary/aromatic N) is 1. The number of carbonyl (C=O) groups is 3. The molecule has 2 unspecified atom stereocenters. The van der Waals surface area contributed by atoms with Gasteiger partial charge in [-0.15, -0.1) is 0 Å². The van der Waals surface area contributed by atoms with E-state index < -0.39 is 24.6 Å². The topological polar surface area (TPSA) is 84.9 Å². The molecule has 8 heteroatoms. The molecule has 2 aromatic carbocycles. The minimum absolute atomic E-state index is 0.142. The molecule has 0 radical (unpaired) electrons. The molecule has 2 aromatic rings. The lowest BCUT2D eigenvalue weighted by molar-refractivity contribution is -0.154. The number of fused-ring (bicyclic) bond motifs is 1. The first-order chi connectivity index (χ1) is 13.8. The molecular formula is C21H21ClN2O5. The number of rotatable bonds is 5. The third-order valence-corrected chi connectivity index (χ3v) is 4.64. The van der Waals surface area contributed by atoms with E-state index in [1.54, 1.807) is 55.5 Å². The van der Waals surface area contributed by atoms with Gasteiger partial charge in [-0.1, -0.05) is 29.8 Å². The Balaban J connectivity index is 1.65. The van der Waals surface area contributed by atoms with Gasteiger partial charge in [0.15, 0.2) is 12.7 Å². The first-order valence-corrected chi connectivity index (χ1v) is 9.52. The number of para-hydroxylation sites is 2. The van der Waals surface area contributed by atoms with Crippen molar-refractivity contribution in [2.45, 2.75) is 32.4 Å². The number of hydrogen-bond donors (Lipinski definition) is 1. The summed E-state index contributed by atoms with van der Waals surface area (Å²) in [5.41, 5.74) is 1.11. The van der Waals surface area contributed by atoms with E-state index in [2.05, 4.69) is 5.32 Å². The smallest absolute Gasteiger partial charge is 0.347 e. The summed E-state index contributed by atoms with van der Waals surface area (Å²) in [4.78, 5) is 38.6. The van der Waals surface area contributed by atoms with E-state index in [1.165, 1.54) is 11.8 Å². The van der Waals surface area contributed by atoms with Crippen LogP contribution in [0.25, 0.3) is 0 Å². The first-order valence-electron chi connectivity index (χ1n) is 9.15. The molecule has 1 N–H and O–H groups in total. The van der Waals surface area contributed by atoms with Crippen LogP contribution in [0.15, 0.2) is 48.5 Å². The molecule has 1 aliphatic rings. The number of ether oxygens (including phenoxy) is 2. The van der Waals surface area contributed by atoms with Gasteiger partial charge in [-0.2, -0.15) is 0 Å². The van der Waals surface area contributed by atoms with Crippen LogP contribution in [0, 0.1) is 0 Å². The summed E-state index contributed by atoms with van der Waals surface area (Å²) in [5, 5.41) is 3.26. The van der Waals surface area contributed by atoms with Gasteiger partial charge >= 0.3 is 5.97 Å². The molecule has 2 amide bonds. The quantitative estimate of drug-likeness (QED) is 0.755. The minimum Gasteiger partial charge on any atom is -0.479 e. The van der Waals surface area contributed by atoms with E-state index in [1.807, 2.05) is 0 Å². The van der Waals surface area contributed by atoms with Gasteiger partial charge in [0.05, 0.1) is 11.4 Å². The fraction of sp³-hybridized carbons (Fsp3) is 0.286. The molecule has 3 rings (SSSR count). The maximum atomic E-state index is 12.8. The zero-order valence-electron chi connectivity index (χ0n) is 16.1. The van der Waals surface area contributed by atoms with E-state index in [4.69, 9.17) is 21.1 Å². The number of nitrogens with one attached hydrogen (secondary N) is 1. The number of anilines is 2. The van der Waals surface area contributed by atoms with Crippen molar-refractivity contribution >= 4 is 40.8 Å². The summed E-state index contributed by atoms with van der Waals surface area (Å²) in [6.45, 7) is 2.83. The highest BCUT2D eigenvalue weighted by atomic mass is 35.5. The molecule has 152 valence electrons. The Hall–Kier alpha value is -3.06. The van der Waals surface area contributed by atoms with Crippen LogP contribution < -0.4 is 15.0 Å². The molecule has 2 atom stereocenters. The van der Waals surface area contributed by atoms with Crippen LogP contribution in [0.2, 0.25) is 5.02 Å². The molecule has 0 spiro atoms. The van der Waals surface area contributed by atoms with Gasteiger partial charge in [0, 0.05) is 17.5 Å². The number of amides is 2. The third kappa shape index (κ3) is 5.06. The second-order valence-electron chi connectivity index (χ2n) is 6.71. The Morgan fingerprint density at radius 2 is 2.00 bits per heavy atom. The summed E-state index contributed by atoms with van der Waals surface area (Å²) < 4.78 is 10.7. The summed E-state index contributed by atoms with van der Waals surface area (Å²) in [6.07, 6.45) is -0.777. The Morgan fingerprint density at radius 1 is 1.24 bits per heavy atom. The maximum absolute atomic E-state index is 12.8. The highest BCUT2D eigenvalue weighted by molar-refractivity contribution is 6.30. The predicted octanol–water partition coefficient (Wildman–Crippen LogP) is 3.41. The molecule has 0 fully saturated rings. The average Bonchev–Trinajstić information content (AvgIpc) is 2.80. The highest BCUT2D eigenvalue weighted by Gasteiger charge is 2.30. The maximum Gasteiger partial charge on any atom is 0.347 e. The van der Waals surface area contributed by atoms with Gasteiger partial charge in [0.1, 0.15) is 5.75 Å². The molecule has 0 aromatic heterocycles. The van der Waals surface area contributed by atoms with Crippen LogP contribution in [0.4, 0.5) is 11.4 Å². The van der Waals surface area contributed by atoms with E-state index in [-0.39, 0.29) is 18.4 Å². The normalized spacial score (nSPS) is 16.9. The van der Waals surface area contributed by atoms with Crippen molar-refractivity contribution in [3.05, 3.63) is 53.6 Å². The SMILES string of the molecule is CC(Oc1cccc(Cl)c1)C(=O)OCC(=O)N1c2ccccc2NC(=O)CC1C. The molecule has 0 aliphatic carbocycles. The summed E-state index contributed by atoms with van der Waals surface area (Å²) in [5.74, 6) is -0.859. The second kappa shape index (κ2) is 8.96. The number of benzene rings is 2. The van der Waals surface area contributed by atoms with Crippen molar-refractivity contribution in [2.75, 3.05) is 16.8 Å². The van der Waals surface area contributed by atoms with Crippen LogP contribution in [-0.2, 0) is 19.1 Å². The lowest BCUT2D eigenvalue weighted by Crippen LogP contribution is -2.42. The largest absolute Gasteiger partial charge is 0.479 e. The molecular weight excluding hydrogens is 396 g/mol. The predicted molar refractivity (Wildman–Crippen MR) is 109 cm³/mol. The third-order valence-electron chi connectivity index (χ3n) is 4.41. The number of halogens is 1. The van der Waals surface area contributed by atoms with Crippen LogP contribution in [-0.4, -0.2) is 36.5 Å². The Morgan fingerprint density at radius 3 is 2.76 bits per heavy atom. The molecule has 0 bridgehead atoms. The zero-order valence-corrected chi connectivity index (χ0v) is 16.8. The molecule has 1 heterocycles. The second-order valence-corrected chi connectivity index (χ2v) is 7.14. The molecule has 7 nitrogen and oxygen atoms in total. The van der Waals surface area contributed by atoms with Gasteiger partial charge in [0.25, 0.3) is 5.91 Å². The average molecular weight is 417 g/mol. The Bertz CT molecular complexity index is 933. The van der Waals surface area contributed by atoms with Gasteiger partial charge in [-0.25, -0.2) is 4.79 Å². The van der Waals surface area contributed by atoms with E-state index in [0.717, 1.165) is 0 Å². The molecule has 1 aliphatic heterocycles. The summed E-state index contributed by atoms with van der Waals surface area (Å²) in [6, 6.07) is 13.3. The first kappa shape index (κ1) is 20.7. The van der Waals surface area contributed by atoms with Crippen LogP contribution in [0.3, 0.4) is 0 Å². The minimum atomic E-state index is -0.918. The van der Waals surface area contributed by atoms with Gasteiger partial charge in [-0.05, 0) is 44.2 Å². The van der Waals surface area contributed by atoms with E-state index in [0.29, 0.717) is 22.1 Å². The summed E-state index contributed by atoms with van der Waals surface area (Å²) >= 11 is 5.90. The fourth-order valence-electron chi connectivity index (χ4n) is 3.08. The number of carbonyl (C=O) groups excluding carboxylic acids is 3. The fourth-order valence-corrected chi connectivity index (χ4v) is 3.26. The number of esters is 1. The van der Waals surface area contributed by atoms with Crippen LogP contribution in [0.1, 0.15) is 20.3 Å². The van der Waals surface area contributed by atoms with E-state index in [9.17, 15) is 14.4 Å². The molecule has 0 saturated carbocycles. The van der Waals surface area contributed by atoms with Crippen LogP contribution >= 0.6 is 11.6 Å². The van der Waals surface area contributed by atoms with Crippen molar-refractivity contribution in [3.63, 3.8) is 0 Å². The monoisotopic (exact) mass is 416 g/mol. The standard InChI is InChI=1S/C21H21ClN2O5/c1-13-10-19(25)23-17-8-3-4-9-18(17)24(13)20(26)12-28-21(27)14(2)29-16-7-5-6-15(22)11-16/h3-9,11,13-14H,10,12H2,1-2H3,(H,23,25). The Kier molecular flexibility index (Phi) is 6.39.